The minimum atomic E-state index is -2.89. The molecule has 2 fully saturated rings. The maximum Gasteiger partial charge on any atom is 0.262 e. The monoisotopic (exact) mass is 573 g/mol. The summed E-state index contributed by atoms with van der Waals surface area (Å²) in [6.45, 7) is 3.90. The molecule has 1 unspecified atom stereocenters. The van der Waals surface area contributed by atoms with Crippen molar-refractivity contribution in [1.82, 2.24) is 30.0 Å². The third kappa shape index (κ3) is 5.72. The second-order valence-electron chi connectivity index (χ2n) is 10.8. The Morgan fingerprint density at radius 2 is 1.95 bits per heavy atom. The van der Waals surface area contributed by atoms with E-state index in [-0.39, 0.29) is 24.3 Å². The third-order valence-corrected chi connectivity index (χ3v) is 7.87. The molecule has 0 radical (unpaired) electrons. The molecule has 0 aliphatic carbocycles. The molecule has 3 aromatic rings. The van der Waals surface area contributed by atoms with E-state index < -0.39 is 36.6 Å². The fourth-order valence-corrected chi connectivity index (χ4v) is 5.63. The molecule has 1 aromatic carbocycles. The zero-order chi connectivity index (χ0) is 28.7. The van der Waals surface area contributed by atoms with Crippen molar-refractivity contribution in [3.8, 4) is 17.0 Å². The van der Waals surface area contributed by atoms with Crippen LogP contribution in [0.3, 0.4) is 0 Å². The van der Waals surface area contributed by atoms with Gasteiger partial charge in [-0.3, -0.25) is 14.8 Å². The standard InChI is InChI=1S/C28H31F4N7O2/c1-2-39-14-17(13-34-39)25-26(37-8-5-19(6-9-37)41-24-4-3-18(29)11-20(24)30)36-21-7-10-38(15-23(21)35-25)27(40)22-12-28(31,32)16-33-22/h3-4,11,13-14,19,22,33H,2,5-10,12,15-16H2,1H3. The van der Waals surface area contributed by atoms with E-state index in [0.717, 1.165) is 17.3 Å². The van der Waals surface area contributed by atoms with E-state index in [9.17, 15) is 22.4 Å². The minimum absolute atomic E-state index is 0.0294. The fraction of sp³-hybridized carbons (Fsp3) is 0.500. The lowest BCUT2D eigenvalue weighted by molar-refractivity contribution is -0.134. The van der Waals surface area contributed by atoms with Gasteiger partial charge in [-0.05, 0) is 19.1 Å². The van der Waals surface area contributed by atoms with Crippen LogP contribution < -0.4 is 15.0 Å². The summed E-state index contributed by atoms with van der Waals surface area (Å²) in [6.07, 6.45) is 4.54. The lowest BCUT2D eigenvalue weighted by atomic mass is 10.0. The van der Waals surface area contributed by atoms with Gasteiger partial charge in [0.05, 0.1) is 36.7 Å². The number of fused-ring (bicyclic) bond motifs is 1. The Balaban J connectivity index is 1.22. The van der Waals surface area contributed by atoms with E-state index >= 15 is 0 Å². The lowest BCUT2D eigenvalue weighted by Gasteiger charge is -2.35. The van der Waals surface area contributed by atoms with Gasteiger partial charge in [0.1, 0.15) is 17.6 Å². The average Bonchev–Trinajstić information content (AvgIpc) is 3.59. The molecule has 1 amide bonds. The summed E-state index contributed by atoms with van der Waals surface area (Å²) in [5.41, 5.74) is 2.83. The molecule has 2 saturated heterocycles. The molecular formula is C28H31F4N7O2. The Labute approximate surface area is 234 Å². The number of piperidine rings is 1. The van der Waals surface area contributed by atoms with E-state index in [1.807, 2.05) is 13.1 Å². The number of carbonyl (C=O) groups is 1. The molecule has 2 aromatic heterocycles. The summed E-state index contributed by atoms with van der Waals surface area (Å²) in [7, 11) is 0. The molecule has 6 rings (SSSR count). The van der Waals surface area contributed by atoms with Crippen LogP contribution >= 0.6 is 0 Å². The van der Waals surface area contributed by atoms with Gasteiger partial charge in [-0.1, -0.05) is 0 Å². The van der Waals surface area contributed by atoms with Crippen molar-refractivity contribution in [2.24, 2.45) is 0 Å². The Hall–Kier alpha value is -3.74. The highest BCUT2D eigenvalue weighted by molar-refractivity contribution is 5.82. The largest absolute Gasteiger partial charge is 0.487 e. The number of halogens is 4. The van der Waals surface area contributed by atoms with Gasteiger partial charge in [0.2, 0.25) is 5.91 Å². The van der Waals surface area contributed by atoms with Gasteiger partial charge in [-0.2, -0.15) is 5.10 Å². The first-order valence-corrected chi connectivity index (χ1v) is 13.9. The molecule has 13 heteroatoms. The number of aromatic nitrogens is 4. The topological polar surface area (TPSA) is 88.4 Å². The highest BCUT2D eigenvalue weighted by atomic mass is 19.3. The number of aryl methyl sites for hydroxylation is 1. The number of amides is 1. The SMILES string of the molecule is CCn1cc(-c2nc3c(nc2N2CCC(Oc4ccc(F)cc4F)CC2)CCN(C(=O)C2CC(F)(F)CN2)C3)cn1. The summed E-state index contributed by atoms with van der Waals surface area (Å²) in [6, 6.07) is 2.38. The van der Waals surface area contributed by atoms with Crippen molar-refractivity contribution < 1.29 is 27.1 Å². The van der Waals surface area contributed by atoms with Crippen LogP contribution in [0.4, 0.5) is 23.4 Å². The number of hydrogen-bond acceptors (Lipinski definition) is 7. The Bertz CT molecular complexity index is 1440. The van der Waals surface area contributed by atoms with Crippen LogP contribution in [0.5, 0.6) is 5.75 Å². The smallest absolute Gasteiger partial charge is 0.262 e. The van der Waals surface area contributed by atoms with Gasteiger partial charge < -0.3 is 14.5 Å². The second kappa shape index (κ2) is 10.9. The number of carbonyl (C=O) groups excluding carboxylic acids is 1. The lowest BCUT2D eigenvalue weighted by Crippen LogP contribution is -2.46. The number of anilines is 1. The van der Waals surface area contributed by atoms with Crippen LogP contribution in [0.2, 0.25) is 0 Å². The van der Waals surface area contributed by atoms with Crippen molar-refractivity contribution in [3.05, 3.63) is 53.6 Å². The van der Waals surface area contributed by atoms with Gasteiger partial charge in [-0.25, -0.2) is 27.5 Å². The number of nitrogens with one attached hydrogen (secondary N) is 1. The Morgan fingerprint density at radius 1 is 1.15 bits per heavy atom. The molecule has 3 aliphatic heterocycles. The number of hydrogen-bond donors (Lipinski definition) is 1. The van der Waals surface area contributed by atoms with Gasteiger partial charge in [0, 0.05) is 69.7 Å². The fourth-order valence-electron chi connectivity index (χ4n) is 5.63. The average molecular weight is 574 g/mol. The van der Waals surface area contributed by atoms with E-state index in [1.54, 1.807) is 15.8 Å². The van der Waals surface area contributed by atoms with E-state index in [0.29, 0.717) is 62.6 Å². The molecule has 41 heavy (non-hydrogen) atoms. The van der Waals surface area contributed by atoms with Crippen LogP contribution in [-0.2, 0) is 24.3 Å². The molecule has 218 valence electrons. The number of nitrogens with zero attached hydrogens (tertiary/aromatic N) is 6. The van der Waals surface area contributed by atoms with Crippen LogP contribution in [0, 0.1) is 11.6 Å². The summed E-state index contributed by atoms with van der Waals surface area (Å²) in [5, 5.41) is 7.04. The first-order valence-electron chi connectivity index (χ1n) is 13.9. The minimum Gasteiger partial charge on any atom is -0.487 e. The summed E-state index contributed by atoms with van der Waals surface area (Å²) in [5.74, 6) is -3.89. The highest BCUT2D eigenvalue weighted by Crippen LogP contribution is 2.34. The highest BCUT2D eigenvalue weighted by Gasteiger charge is 2.44. The first kappa shape index (κ1) is 27.4. The van der Waals surface area contributed by atoms with Gasteiger partial charge in [-0.15, -0.1) is 0 Å². The van der Waals surface area contributed by atoms with E-state index in [1.165, 1.54) is 12.1 Å². The van der Waals surface area contributed by atoms with E-state index in [2.05, 4.69) is 15.3 Å². The van der Waals surface area contributed by atoms with Crippen molar-refractivity contribution in [1.29, 1.82) is 0 Å². The van der Waals surface area contributed by atoms with Crippen molar-refractivity contribution in [2.75, 3.05) is 31.1 Å². The summed E-state index contributed by atoms with van der Waals surface area (Å²) in [4.78, 5) is 26.7. The zero-order valence-corrected chi connectivity index (χ0v) is 22.6. The molecule has 9 nitrogen and oxygen atoms in total. The third-order valence-electron chi connectivity index (χ3n) is 7.87. The molecule has 1 N–H and O–H groups in total. The van der Waals surface area contributed by atoms with Crippen LogP contribution in [0.25, 0.3) is 11.3 Å². The van der Waals surface area contributed by atoms with Crippen LogP contribution in [0.15, 0.2) is 30.6 Å². The predicted molar refractivity (Wildman–Crippen MR) is 142 cm³/mol. The number of benzene rings is 1. The molecule has 5 heterocycles. The van der Waals surface area contributed by atoms with Crippen molar-refractivity contribution in [3.63, 3.8) is 0 Å². The van der Waals surface area contributed by atoms with Crippen molar-refractivity contribution >= 4 is 11.7 Å². The molecular weight excluding hydrogens is 542 g/mol. The Kier molecular flexibility index (Phi) is 7.30. The van der Waals surface area contributed by atoms with Gasteiger partial charge in [0.25, 0.3) is 5.92 Å². The summed E-state index contributed by atoms with van der Waals surface area (Å²) >= 11 is 0. The van der Waals surface area contributed by atoms with Gasteiger partial charge in [0.15, 0.2) is 17.4 Å². The number of alkyl halides is 2. The van der Waals surface area contributed by atoms with Crippen LogP contribution in [-0.4, -0.2) is 74.8 Å². The number of ether oxygens (including phenoxy) is 1. The first-order chi connectivity index (χ1) is 19.7. The summed E-state index contributed by atoms with van der Waals surface area (Å²) < 4.78 is 62.4. The predicted octanol–water partition coefficient (Wildman–Crippen LogP) is 3.57. The molecule has 1 atom stereocenters. The second-order valence-corrected chi connectivity index (χ2v) is 10.8. The normalized spacial score (nSPS) is 20.8. The Morgan fingerprint density at radius 3 is 2.63 bits per heavy atom. The maximum atomic E-state index is 14.1. The molecule has 0 spiro atoms. The van der Waals surface area contributed by atoms with Gasteiger partial charge >= 0.3 is 0 Å². The zero-order valence-electron chi connectivity index (χ0n) is 22.6. The number of rotatable bonds is 6. The quantitative estimate of drug-likeness (QED) is 0.451. The van der Waals surface area contributed by atoms with Crippen molar-refractivity contribution in [2.45, 2.75) is 63.8 Å². The molecule has 0 saturated carbocycles. The molecule has 0 bridgehead atoms. The van der Waals surface area contributed by atoms with E-state index in [4.69, 9.17) is 14.7 Å². The molecule has 3 aliphatic rings. The van der Waals surface area contributed by atoms with Crippen LogP contribution in [0.1, 0.15) is 37.6 Å². The maximum absolute atomic E-state index is 14.1.